The quantitative estimate of drug-likeness (QED) is 0.559. The van der Waals surface area contributed by atoms with Gasteiger partial charge in [-0.3, -0.25) is 10.1 Å². The van der Waals surface area contributed by atoms with Crippen molar-refractivity contribution >= 4 is 23.1 Å². The number of nitro groups is 1. The van der Waals surface area contributed by atoms with Gasteiger partial charge in [-0.25, -0.2) is 0 Å². The van der Waals surface area contributed by atoms with Gasteiger partial charge in [0.1, 0.15) is 0 Å². The highest BCUT2D eigenvalue weighted by molar-refractivity contribution is 7.98. The fourth-order valence-electron chi connectivity index (χ4n) is 2.99. The number of rotatable bonds is 8. The third-order valence-electron chi connectivity index (χ3n) is 4.24. The lowest BCUT2D eigenvalue weighted by atomic mass is 10.0. The summed E-state index contributed by atoms with van der Waals surface area (Å²) in [6.07, 6.45) is 4.98. The summed E-state index contributed by atoms with van der Waals surface area (Å²) >= 11 is 1.80. The summed E-state index contributed by atoms with van der Waals surface area (Å²) in [7, 11) is 0. The molecule has 6 nitrogen and oxygen atoms in total. The number of hydrogen-bond donors (Lipinski definition) is 2. The largest absolute Gasteiger partial charge is 0.396 e. The monoisotopic (exact) mass is 339 g/mol. The van der Waals surface area contributed by atoms with Crippen LogP contribution in [-0.2, 0) is 0 Å². The Morgan fingerprint density at radius 2 is 2.04 bits per heavy atom. The van der Waals surface area contributed by atoms with Crippen LogP contribution in [0.4, 0.5) is 11.4 Å². The number of non-ortho nitro benzene ring substituents is 1. The van der Waals surface area contributed by atoms with Gasteiger partial charge in [0.25, 0.3) is 5.69 Å². The summed E-state index contributed by atoms with van der Waals surface area (Å²) in [5, 5.41) is 23.5. The maximum absolute atomic E-state index is 10.7. The van der Waals surface area contributed by atoms with Crippen molar-refractivity contribution in [3.8, 4) is 0 Å². The number of anilines is 1. The van der Waals surface area contributed by atoms with E-state index in [0.29, 0.717) is 12.1 Å². The highest BCUT2D eigenvalue weighted by Crippen LogP contribution is 2.23. The summed E-state index contributed by atoms with van der Waals surface area (Å²) in [6, 6.07) is 7.63. The number of aliphatic hydroxyl groups excluding tert-OH is 1. The van der Waals surface area contributed by atoms with E-state index >= 15 is 0 Å². The van der Waals surface area contributed by atoms with Crippen molar-refractivity contribution in [2.75, 3.05) is 36.6 Å². The van der Waals surface area contributed by atoms with Crippen LogP contribution in [0.25, 0.3) is 0 Å². The van der Waals surface area contributed by atoms with Crippen LogP contribution in [0.2, 0.25) is 0 Å². The van der Waals surface area contributed by atoms with Gasteiger partial charge in [-0.1, -0.05) is 0 Å². The van der Waals surface area contributed by atoms with Gasteiger partial charge in [-0.2, -0.15) is 11.8 Å². The molecule has 1 saturated heterocycles. The Bertz CT molecular complexity index is 484. The lowest BCUT2D eigenvalue weighted by Gasteiger charge is -2.35. The van der Waals surface area contributed by atoms with E-state index in [9.17, 15) is 10.1 Å². The predicted octanol–water partition coefficient (Wildman–Crippen LogP) is 2.27. The Balaban J connectivity index is 1.84. The molecule has 0 spiro atoms. The van der Waals surface area contributed by atoms with E-state index < -0.39 is 0 Å². The Morgan fingerprint density at radius 3 is 2.57 bits per heavy atom. The number of nitrogens with one attached hydrogen (secondary N) is 1. The van der Waals surface area contributed by atoms with E-state index in [1.54, 1.807) is 23.9 Å². The number of nitrogens with zero attached hydrogens (tertiary/aromatic N) is 2. The number of aliphatic hydroxyl groups is 1. The molecule has 1 aliphatic rings. The molecule has 1 heterocycles. The molecule has 1 atom stereocenters. The van der Waals surface area contributed by atoms with Gasteiger partial charge in [0.2, 0.25) is 0 Å². The molecular weight excluding hydrogens is 314 g/mol. The number of piperidine rings is 1. The minimum atomic E-state index is -0.368. The van der Waals surface area contributed by atoms with Crippen molar-refractivity contribution in [2.24, 2.45) is 0 Å². The molecule has 1 aromatic carbocycles. The smallest absolute Gasteiger partial charge is 0.269 e. The van der Waals surface area contributed by atoms with Gasteiger partial charge in [0, 0.05) is 55.4 Å². The Morgan fingerprint density at radius 1 is 1.39 bits per heavy atom. The molecule has 0 bridgehead atoms. The van der Waals surface area contributed by atoms with Crippen LogP contribution in [-0.4, -0.2) is 53.8 Å². The van der Waals surface area contributed by atoms with Crippen molar-refractivity contribution in [1.29, 1.82) is 0 Å². The maximum Gasteiger partial charge on any atom is 0.269 e. The molecule has 128 valence electrons. The molecule has 1 unspecified atom stereocenters. The zero-order valence-electron chi connectivity index (χ0n) is 13.5. The standard InChI is InChI=1S/C16H25N3O3S/c1-23-12-14(8-11-20)17-13-6-9-18(10-7-13)15-2-4-16(5-3-15)19(21)22/h2-5,13-14,17,20H,6-12H2,1H3. The zero-order chi connectivity index (χ0) is 16.7. The van der Waals surface area contributed by atoms with Gasteiger partial charge in [0.15, 0.2) is 0 Å². The van der Waals surface area contributed by atoms with Gasteiger partial charge in [-0.15, -0.1) is 0 Å². The first-order valence-electron chi connectivity index (χ1n) is 7.99. The number of thioether (sulfide) groups is 1. The summed E-state index contributed by atoms with van der Waals surface area (Å²) in [5.41, 5.74) is 1.18. The highest BCUT2D eigenvalue weighted by Gasteiger charge is 2.22. The third-order valence-corrected chi connectivity index (χ3v) is 4.97. The number of hydrogen-bond acceptors (Lipinski definition) is 6. The summed E-state index contributed by atoms with van der Waals surface area (Å²) in [4.78, 5) is 12.6. The van der Waals surface area contributed by atoms with Crippen molar-refractivity contribution in [3.05, 3.63) is 34.4 Å². The average molecular weight is 339 g/mol. The first-order chi connectivity index (χ1) is 11.1. The molecule has 23 heavy (non-hydrogen) atoms. The molecule has 1 fully saturated rings. The van der Waals surface area contributed by atoms with Crippen LogP contribution in [0, 0.1) is 10.1 Å². The lowest BCUT2D eigenvalue weighted by molar-refractivity contribution is -0.384. The number of nitro benzene ring substituents is 1. The van der Waals surface area contributed by atoms with E-state index in [2.05, 4.69) is 16.5 Å². The molecule has 2 N–H and O–H groups in total. The minimum absolute atomic E-state index is 0.134. The van der Waals surface area contributed by atoms with Gasteiger partial charge >= 0.3 is 0 Å². The van der Waals surface area contributed by atoms with Gasteiger partial charge in [-0.05, 0) is 37.7 Å². The molecular formula is C16H25N3O3S. The summed E-state index contributed by atoms with van der Waals surface area (Å²) in [5.74, 6) is 1.02. The van der Waals surface area contributed by atoms with E-state index in [0.717, 1.165) is 43.8 Å². The fraction of sp³-hybridized carbons (Fsp3) is 0.625. The van der Waals surface area contributed by atoms with Crippen LogP contribution in [0.1, 0.15) is 19.3 Å². The molecule has 0 aromatic heterocycles. The Kier molecular flexibility index (Phi) is 7.14. The molecule has 1 aromatic rings. The van der Waals surface area contributed by atoms with E-state index in [1.807, 2.05) is 12.1 Å². The van der Waals surface area contributed by atoms with Gasteiger partial charge in [0.05, 0.1) is 4.92 Å². The second-order valence-corrected chi connectivity index (χ2v) is 6.78. The van der Waals surface area contributed by atoms with Crippen LogP contribution in [0.3, 0.4) is 0 Å². The van der Waals surface area contributed by atoms with Crippen molar-refractivity contribution < 1.29 is 10.0 Å². The van der Waals surface area contributed by atoms with Crippen LogP contribution in [0.15, 0.2) is 24.3 Å². The van der Waals surface area contributed by atoms with Crippen molar-refractivity contribution in [2.45, 2.75) is 31.3 Å². The second-order valence-electron chi connectivity index (χ2n) is 5.87. The molecule has 0 amide bonds. The SMILES string of the molecule is CSCC(CCO)NC1CCN(c2ccc([N+](=O)[O-])cc2)CC1. The Hall–Kier alpha value is -1.31. The minimum Gasteiger partial charge on any atom is -0.396 e. The van der Waals surface area contributed by atoms with Crippen molar-refractivity contribution in [3.63, 3.8) is 0 Å². The maximum atomic E-state index is 10.7. The van der Waals surface area contributed by atoms with E-state index in [-0.39, 0.29) is 17.2 Å². The topological polar surface area (TPSA) is 78.6 Å². The second kappa shape index (κ2) is 9.10. The molecule has 1 aliphatic heterocycles. The van der Waals surface area contributed by atoms with Crippen molar-refractivity contribution in [1.82, 2.24) is 5.32 Å². The molecule has 0 aliphatic carbocycles. The lowest BCUT2D eigenvalue weighted by Crippen LogP contribution is -2.47. The summed E-state index contributed by atoms with van der Waals surface area (Å²) < 4.78 is 0. The van der Waals surface area contributed by atoms with Gasteiger partial charge < -0.3 is 15.3 Å². The normalized spacial score (nSPS) is 17.2. The zero-order valence-corrected chi connectivity index (χ0v) is 14.3. The molecule has 0 saturated carbocycles. The molecule has 0 radical (unpaired) electrons. The van der Waals surface area contributed by atoms with Crippen LogP contribution >= 0.6 is 11.8 Å². The first kappa shape index (κ1) is 18.0. The average Bonchev–Trinajstić information content (AvgIpc) is 2.56. The first-order valence-corrected chi connectivity index (χ1v) is 9.38. The van der Waals surface area contributed by atoms with Crippen LogP contribution in [0.5, 0.6) is 0 Å². The fourth-order valence-corrected chi connectivity index (χ4v) is 3.66. The summed E-state index contributed by atoms with van der Waals surface area (Å²) in [6.45, 7) is 2.11. The third kappa shape index (κ3) is 5.37. The predicted molar refractivity (Wildman–Crippen MR) is 95.3 cm³/mol. The van der Waals surface area contributed by atoms with E-state index in [1.165, 1.54) is 0 Å². The molecule has 2 rings (SSSR count). The number of benzene rings is 1. The highest BCUT2D eigenvalue weighted by atomic mass is 32.2. The molecule has 7 heteroatoms. The van der Waals surface area contributed by atoms with Crippen LogP contribution < -0.4 is 10.2 Å². The Labute approximate surface area is 141 Å². The van der Waals surface area contributed by atoms with E-state index in [4.69, 9.17) is 5.11 Å².